The number of furan rings is 1. The molecule has 0 saturated heterocycles. The molecule has 2 heteroatoms. The first-order valence-corrected chi connectivity index (χ1v) is 18.8. The van der Waals surface area contributed by atoms with Crippen molar-refractivity contribution < 1.29 is 4.42 Å². The van der Waals surface area contributed by atoms with Gasteiger partial charge >= 0.3 is 0 Å². The first kappa shape index (κ1) is 33.7. The molecule has 9 rings (SSSR count). The van der Waals surface area contributed by atoms with Crippen molar-refractivity contribution in [1.82, 2.24) is 0 Å². The maximum Gasteiger partial charge on any atom is 0.143 e. The van der Waals surface area contributed by atoms with Crippen molar-refractivity contribution in [3.8, 4) is 22.3 Å². The van der Waals surface area contributed by atoms with E-state index in [-0.39, 0.29) is 0 Å². The van der Waals surface area contributed by atoms with Gasteiger partial charge in [0.2, 0.25) is 0 Å². The Hall–Kier alpha value is -7.16. The van der Waals surface area contributed by atoms with Gasteiger partial charge in [0.05, 0.1) is 0 Å². The Bertz CT molecular complexity index is 2840. The van der Waals surface area contributed by atoms with E-state index in [4.69, 9.17) is 4.42 Å². The molecule has 262 valence electrons. The van der Waals surface area contributed by atoms with Crippen LogP contribution in [0.5, 0.6) is 0 Å². The van der Waals surface area contributed by atoms with Crippen LogP contribution in [0.2, 0.25) is 0 Å². The van der Waals surface area contributed by atoms with E-state index in [1.54, 1.807) is 0 Å². The quantitative estimate of drug-likeness (QED) is 0.139. The minimum absolute atomic E-state index is 0.906. The molecule has 0 radical (unpaired) electrons. The van der Waals surface area contributed by atoms with Crippen LogP contribution in [-0.4, -0.2) is 0 Å². The van der Waals surface area contributed by atoms with E-state index in [1.165, 1.54) is 27.5 Å². The molecule has 55 heavy (non-hydrogen) atoms. The molecule has 0 aliphatic heterocycles. The average Bonchev–Trinajstić information content (AvgIpc) is 3.64. The summed E-state index contributed by atoms with van der Waals surface area (Å²) in [5, 5.41) is 4.76. The zero-order chi connectivity index (χ0) is 37.0. The van der Waals surface area contributed by atoms with E-state index in [0.717, 1.165) is 61.3 Å². The minimum Gasteiger partial charge on any atom is -0.455 e. The summed E-state index contributed by atoms with van der Waals surface area (Å²) in [6.07, 6.45) is 10.7. The lowest BCUT2D eigenvalue weighted by molar-refractivity contribution is 0.670. The standard InChI is InChI=1S/C53H39NO/c1-2-12-39(18-10-15-38-13-4-3-5-14-38)41-25-31-46(32-26-41)54(47-33-27-42(28-34-47)45-24-23-40-16-6-7-17-44(40)37-45)48-35-29-43(30-36-48)49-20-11-21-51-50-19-8-9-22-52(50)55-53(49)51/h2-37H,1H3/b12-2-,15-10+,39-18+. The molecule has 0 unspecified atom stereocenters. The zero-order valence-corrected chi connectivity index (χ0v) is 30.6. The second-order valence-electron chi connectivity index (χ2n) is 13.7. The zero-order valence-electron chi connectivity index (χ0n) is 30.6. The number of rotatable bonds is 9. The highest BCUT2D eigenvalue weighted by atomic mass is 16.3. The monoisotopic (exact) mass is 705 g/mol. The Labute approximate surface area is 322 Å². The summed E-state index contributed by atoms with van der Waals surface area (Å²) in [4.78, 5) is 2.33. The van der Waals surface area contributed by atoms with Gasteiger partial charge in [0.25, 0.3) is 0 Å². The van der Waals surface area contributed by atoms with Crippen LogP contribution in [0.25, 0.3) is 66.6 Å². The van der Waals surface area contributed by atoms with Gasteiger partial charge in [-0.3, -0.25) is 0 Å². The van der Waals surface area contributed by atoms with Crippen molar-refractivity contribution in [2.75, 3.05) is 4.90 Å². The highest BCUT2D eigenvalue weighted by molar-refractivity contribution is 6.09. The topological polar surface area (TPSA) is 16.4 Å². The van der Waals surface area contributed by atoms with Crippen LogP contribution in [-0.2, 0) is 0 Å². The van der Waals surface area contributed by atoms with Crippen molar-refractivity contribution in [3.63, 3.8) is 0 Å². The Morgan fingerprint density at radius 2 is 1.13 bits per heavy atom. The number of benzene rings is 8. The number of hydrogen-bond acceptors (Lipinski definition) is 2. The van der Waals surface area contributed by atoms with Crippen LogP contribution in [0, 0.1) is 0 Å². The van der Waals surface area contributed by atoms with Crippen LogP contribution in [0.1, 0.15) is 18.1 Å². The van der Waals surface area contributed by atoms with E-state index in [1.807, 2.05) is 18.2 Å². The molecule has 1 aromatic heterocycles. The Morgan fingerprint density at radius 3 is 1.87 bits per heavy atom. The van der Waals surface area contributed by atoms with Gasteiger partial charge in [-0.2, -0.15) is 0 Å². The van der Waals surface area contributed by atoms with Crippen LogP contribution in [0.3, 0.4) is 0 Å². The third kappa shape index (κ3) is 6.90. The predicted octanol–water partition coefficient (Wildman–Crippen LogP) is 15.2. The Morgan fingerprint density at radius 1 is 0.509 bits per heavy atom. The second-order valence-corrected chi connectivity index (χ2v) is 13.7. The van der Waals surface area contributed by atoms with E-state index in [0.29, 0.717) is 0 Å². The molecular formula is C53H39NO. The van der Waals surface area contributed by atoms with Crippen LogP contribution >= 0.6 is 0 Å². The normalized spacial score (nSPS) is 12.1. The van der Waals surface area contributed by atoms with E-state index in [9.17, 15) is 0 Å². The third-order valence-corrected chi connectivity index (χ3v) is 10.2. The molecule has 0 atom stereocenters. The van der Waals surface area contributed by atoms with Crippen LogP contribution in [0.4, 0.5) is 17.1 Å². The summed E-state index contributed by atoms with van der Waals surface area (Å²) in [5.74, 6) is 0. The number of para-hydroxylation sites is 2. The number of nitrogens with zero attached hydrogens (tertiary/aromatic N) is 1. The van der Waals surface area contributed by atoms with Gasteiger partial charge in [0, 0.05) is 33.4 Å². The molecule has 0 spiro atoms. The lowest BCUT2D eigenvalue weighted by atomic mass is 10.00. The number of anilines is 3. The van der Waals surface area contributed by atoms with E-state index < -0.39 is 0 Å². The molecule has 0 saturated carbocycles. The largest absolute Gasteiger partial charge is 0.455 e. The van der Waals surface area contributed by atoms with Gasteiger partial charge in [-0.05, 0) is 99.6 Å². The first-order valence-electron chi connectivity index (χ1n) is 18.8. The smallest absolute Gasteiger partial charge is 0.143 e. The van der Waals surface area contributed by atoms with Crippen molar-refractivity contribution in [2.45, 2.75) is 6.92 Å². The Balaban J connectivity index is 1.08. The lowest BCUT2D eigenvalue weighted by Crippen LogP contribution is -2.10. The fraction of sp³-hybridized carbons (Fsp3) is 0.0189. The molecule has 2 nitrogen and oxygen atoms in total. The molecule has 0 aliphatic rings. The van der Waals surface area contributed by atoms with Gasteiger partial charge in [-0.25, -0.2) is 0 Å². The SMILES string of the molecule is C\C=C/C(=C\C=C\c1ccccc1)c1ccc(N(c2ccc(-c3ccc4ccccc4c3)cc2)c2ccc(-c3cccc4c3oc3ccccc34)cc2)cc1. The van der Waals surface area contributed by atoms with Gasteiger partial charge in [-0.15, -0.1) is 0 Å². The average molecular weight is 706 g/mol. The van der Waals surface area contributed by atoms with Crippen molar-refractivity contribution in [3.05, 3.63) is 223 Å². The van der Waals surface area contributed by atoms with Gasteiger partial charge < -0.3 is 9.32 Å². The molecule has 0 aliphatic carbocycles. The van der Waals surface area contributed by atoms with Crippen LogP contribution < -0.4 is 4.90 Å². The first-order chi connectivity index (χ1) is 27.2. The second kappa shape index (κ2) is 15.1. The number of fused-ring (bicyclic) bond motifs is 4. The summed E-state index contributed by atoms with van der Waals surface area (Å²) in [5.41, 5.74) is 13.1. The van der Waals surface area contributed by atoms with Gasteiger partial charge in [0.15, 0.2) is 0 Å². The molecular weight excluding hydrogens is 667 g/mol. The van der Waals surface area contributed by atoms with Crippen molar-refractivity contribution >= 4 is 61.4 Å². The third-order valence-electron chi connectivity index (χ3n) is 10.2. The summed E-state index contributed by atoms with van der Waals surface area (Å²) >= 11 is 0. The predicted molar refractivity (Wildman–Crippen MR) is 235 cm³/mol. The fourth-order valence-corrected chi connectivity index (χ4v) is 7.44. The molecule has 8 aromatic carbocycles. The summed E-state index contributed by atoms with van der Waals surface area (Å²) in [6.45, 7) is 2.06. The van der Waals surface area contributed by atoms with Crippen molar-refractivity contribution in [1.29, 1.82) is 0 Å². The summed E-state index contributed by atoms with van der Waals surface area (Å²) < 4.78 is 6.40. The fourth-order valence-electron chi connectivity index (χ4n) is 7.44. The van der Waals surface area contributed by atoms with E-state index in [2.05, 4.69) is 212 Å². The molecule has 9 aromatic rings. The maximum atomic E-state index is 6.40. The number of hydrogen-bond donors (Lipinski definition) is 0. The lowest BCUT2D eigenvalue weighted by Gasteiger charge is -2.26. The summed E-state index contributed by atoms with van der Waals surface area (Å²) in [6, 6.07) is 66.8. The molecule has 0 bridgehead atoms. The highest BCUT2D eigenvalue weighted by Gasteiger charge is 2.16. The van der Waals surface area contributed by atoms with E-state index >= 15 is 0 Å². The molecule has 0 fully saturated rings. The van der Waals surface area contributed by atoms with Gasteiger partial charge in [0.1, 0.15) is 11.2 Å². The minimum atomic E-state index is 0.906. The molecule has 0 amide bonds. The van der Waals surface area contributed by atoms with Gasteiger partial charge in [-0.1, -0.05) is 170 Å². The number of allylic oxidation sites excluding steroid dienone is 5. The maximum absolute atomic E-state index is 6.40. The Kier molecular flexibility index (Phi) is 9.22. The van der Waals surface area contributed by atoms with Crippen LogP contribution in [0.15, 0.2) is 217 Å². The molecule has 1 heterocycles. The highest BCUT2D eigenvalue weighted by Crippen LogP contribution is 2.40. The molecule has 0 N–H and O–H groups in total. The summed E-state index contributed by atoms with van der Waals surface area (Å²) in [7, 11) is 0. The van der Waals surface area contributed by atoms with Crippen molar-refractivity contribution in [2.24, 2.45) is 0 Å².